The summed E-state index contributed by atoms with van der Waals surface area (Å²) in [5, 5.41) is 0.411. The van der Waals surface area contributed by atoms with E-state index in [-0.39, 0.29) is 11.9 Å². The van der Waals surface area contributed by atoms with Crippen molar-refractivity contribution in [1.29, 1.82) is 0 Å². The molecule has 1 amide bonds. The summed E-state index contributed by atoms with van der Waals surface area (Å²) in [6.45, 7) is 8.86. The predicted octanol–water partition coefficient (Wildman–Crippen LogP) is 5.69. The van der Waals surface area contributed by atoms with E-state index >= 15 is 0 Å². The first-order chi connectivity index (χ1) is 14.8. The van der Waals surface area contributed by atoms with E-state index in [4.69, 9.17) is 11.6 Å². The summed E-state index contributed by atoms with van der Waals surface area (Å²) in [6, 6.07) is 18.1. The Hall–Kier alpha value is -3.05. The zero-order valence-corrected chi connectivity index (χ0v) is 19.3. The van der Waals surface area contributed by atoms with Gasteiger partial charge >= 0.3 is 0 Å². The van der Waals surface area contributed by atoms with Gasteiger partial charge in [0.1, 0.15) is 0 Å². The molecule has 6 heteroatoms. The van der Waals surface area contributed by atoms with Crippen molar-refractivity contribution in [3.63, 3.8) is 0 Å². The van der Waals surface area contributed by atoms with Gasteiger partial charge in [-0.05, 0) is 81.3 Å². The topological polar surface area (TPSA) is 43.1 Å². The van der Waals surface area contributed by atoms with Crippen LogP contribution in [-0.2, 0) is 13.6 Å². The third kappa shape index (κ3) is 3.86. The number of aryl methyl sites for hydroxylation is 2. The molecule has 2 aromatic carbocycles. The molecule has 0 atom stereocenters. The number of halogens is 1. The van der Waals surface area contributed by atoms with Gasteiger partial charge in [-0.3, -0.25) is 4.79 Å². The van der Waals surface area contributed by atoms with Crippen molar-refractivity contribution in [2.24, 2.45) is 7.05 Å². The van der Waals surface area contributed by atoms with Gasteiger partial charge < -0.3 is 14.0 Å². The summed E-state index contributed by atoms with van der Waals surface area (Å²) in [6.07, 6.45) is 0. The van der Waals surface area contributed by atoms with Crippen molar-refractivity contribution < 1.29 is 4.79 Å². The number of amides is 1. The molecular weight excluding hydrogens is 408 g/mol. The van der Waals surface area contributed by atoms with Crippen LogP contribution in [0.4, 0.5) is 0 Å². The smallest absolute Gasteiger partial charge is 0.254 e. The minimum Gasteiger partial charge on any atom is -0.332 e. The summed E-state index contributed by atoms with van der Waals surface area (Å²) in [5.74, 6) is -0.00117. The van der Waals surface area contributed by atoms with Crippen LogP contribution in [0, 0.1) is 13.8 Å². The number of rotatable bonds is 5. The van der Waals surface area contributed by atoms with Gasteiger partial charge in [-0.1, -0.05) is 18.2 Å². The van der Waals surface area contributed by atoms with Gasteiger partial charge in [0.15, 0.2) is 0 Å². The van der Waals surface area contributed by atoms with Crippen molar-refractivity contribution in [2.75, 3.05) is 0 Å². The lowest BCUT2D eigenvalue weighted by Crippen LogP contribution is -2.36. The maximum atomic E-state index is 13.5. The number of aromatic nitrogens is 3. The van der Waals surface area contributed by atoms with Gasteiger partial charge in [0, 0.05) is 42.3 Å². The molecule has 0 spiro atoms. The predicted molar refractivity (Wildman–Crippen MR) is 126 cm³/mol. The van der Waals surface area contributed by atoms with E-state index in [1.54, 1.807) is 4.57 Å². The van der Waals surface area contributed by atoms with E-state index in [1.165, 1.54) is 0 Å². The molecule has 0 N–H and O–H groups in total. The molecule has 0 saturated heterocycles. The Labute approximate surface area is 187 Å². The fourth-order valence-electron chi connectivity index (χ4n) is 4.10. The lowest BCUT2D eigenvalue weighted by molar-refractivity contribution is 0.0690. The van der Waals surface area contributed by atoms with Gasteiger partial charge in [0.25, 0.3) is 5.91 Å². The van der Waals surface area contributed by atoms with Crippen LogP contribution in [0.3, 0.4) is 0 Å². The summed E-state index contributed by atoms with van der Waals surface area (Å²) < 4.78 is 4.03. The standard InChI is InChI=1S/C25H27ClN4O/c1-16(2)29(24(31)19-11-12-22-23(14-19)28(5)25(26)27-22)15-20-13-17(3)30(18(20)4)21-9-7-6-8-10-21/h6-14,16H,15H2,1-5H3. The zero-order chi connectivity index (χ0) is 22.3. The SMILES string of the molecule is Cc1cc(CN(C(=O)c2ccc3nc(Cl)n(C)c3c2)C(C)C)c(C)n1-c1ccccc1. The second kappa shape index (κ2) is 8.23. The molecule has 31 heavy (non-hydrogen) atoms. The average Bonchev–Trinajstić information content (AvgIpc) is 3.20. The van der Waals surface area contributed by atoms with E-state index in [1.807, 2.05) is 62.2 Å². The minimum absolute atomic E-state index is 0.00117. The van der Waals surface area contributed by atoms with Crippen LogP contribution in [0.5, 0.6) is 0 Å². The van der Waals surface area contributed by atoms with Gasteiger partial charge in [0.2, 0.25) is 5.28 Å². The summed E-state index contributed by atoms with van der Waals surface area (Å²) in [7, 11) is 1.85. The quantitative estimate of drug-likeness (QED) is 0.405. The number of imidazole rings is 1. The minimum atomic E-state index is -0.00117. The third-order valence-electron chi connectivity index (χ3n) is 5.85. The van der Waals surface area contributed by atoms with E-state index in [0.29, 0.717) is 17.4 Å². The van der Waals surface area contributed by atoms with Crippen molar-refractivity contribution >= 4 is 28.5 Å². The van der Waals surface area contributed by atoms with Crippen molar-refractivity contribution in [2.45, 2.75) is 40.3 Å². The van der Waals surface area contributed by atoms with Crippen LogP contribution in [-0.4, -0.2) is 31.0 Å². The Bertz CT molecular complexity index is 1250. The van der Waals surface area contributed by atoms with Crippen LogP contribution in [0.15, 0.2) is 54.6 Å². The van der Waals surface area contributed by atoms with E-state index in [9.17, 15) is 4.79 Å². The van der Waals surface area contributed by atoms with Crippen molar-refractivity contribution in [3.8, 4) is 5.69 Å². The van der Waals surface area contributed by atoms with Crippen LogP contribution < -0.4 is 0 Å². The second-order valence-corrected chi connectivity index (χ2v) is 8.58. The van der Waals surface area contributed by atoms with Crippen LogP contribution in [0.1, 0.15) is 41.2 Å². The van der Waals surface area contributed by atoms with E-state index in [2.05, 4.69) is 41.6 Å². The molecule has 5 nitrogen and oxygen atoms in total. The summed E-state index contributed by atoms with van der Waals surface area (Å²) in [5.41, 5.74) is 6.85. The largest absolute Gasteiger partial charge is 0.332 e. The molecule has 0 fully saturated rings. The van der Waals surface area contributed by atoms with Crippen molar-refractivity contribution in [1.82, 2.24) is 19.0 Å². The first-order valence-electron chi connectivity index (χ1n) is 10.4. The molecule has 0 unspecified atom stereocenters. The maximum absolute atomic E-state index is 13.5. The van der Waals surface area contributed by atoms with Crippen LogP contribution >= 0.6 is 11.6 Å². The number of para-hydroxylation sites is 1. The molecule has 160 valence electrons. The molecule has 0 bridgehead atoms. The lowest BCUT2D eigenvalue weighted by atomic mass is 10.1. The average molecular weight is 435 g/mol. The highest BCUT2D eigenvalue weighted by Gasteiger charge is 2.22. The fraction of sp³-hybridized carbons (Fsp3) is 0.280. The molecule has 2 aromatic heterocycles. The zero-order valence-electron chi connectivity index (χ0n) is 18.6. The van der Waals surface area contributed by atoms with Crippen molar-refractivity contribution in [3.05, 3.63) is 82.4 Å². The number of nitrogens with zero attached hydrogens (tertiary/aromatic N) is 4. The van der Waals surface area contributed by atoms with Gasteiger partial charge in [-0.2, -0.15) is 0 Å². The van der Waals surface area contributed by atoms with Crippen LogP contribution in [0.2, 0.25) is 5.28 Å². The summed E-state index contributed by atoms with van der Waals surface area (Å²) >= 11 is 6.14. The Balaban J connectivity index is 1.68. The Kier molecular flexibility index (Phi) is 5.63. The monoisotopic (exact) mass is 434 g/mol. The number of carbonyl (C=O) groups excluding carboxylic acids is 1. The highest BCUT2D eigenvalue weighted by Crippen LogP contribution is 2.25. The van der Waals surface area contributed by atoms with E-state index in [0.717, 1.165) is 33.7 Å². The molecule has 4 rings (SSSR count). The maximum Gasteiger partial charge on any atom is 0.254 e. The Morgan fingerprint density at radius 1 is 1.10 bits per heavy atom. The first-order valence-corrected chi connectivity index (χ1v) is 10.8. The molecule has 2 heterocycles. The normalized spacial score (nSPS) is 11.5. The lowest BCUT2D eigenvalue weighted by Gasteiger charge is -2.27. The fourth-order valence-corrected chi connectivity index (χ4v) is 4.28. The molecular formula is C25H27ClN4O. The number of carbonyl (C=O) groups is 1. The van der Waals surface area contributed by atoms with Gasteiger partial charge in [0.05, 0.1) is 11.0 Å². The number of fused-ring (bicyclic) bond motifs is 1. The molecule has 0 aliphatic carbocycles. The molecule has 0 radical (unpaired) electrons. The summed E-state index contributed by atoms with van der Waals surface area (Å²) in [4.78, 5) is 19.7. The molecule has 4 aromatic rings. The highest BCUT2D eigenvalue weighted by molar-refractivity contribution is 6.29. The first kappa shape index (κ1) is 21.2. The van der Waals surface area contributed by atoms with Gasteiger partial charge in [-0.15, -0.1) is 0 Å². The Morgan fingerprint density at radius 2 is 1.81 bits per heavy atom. The van der Waals surface area contributed by atoms with E-state index < -0.39 is 0 Å². The van der Waals surface area contributed by atoms with Gasteiger partial charge in [-0.25, -0.2) is 4.98 Å². The number of hydrogen-bond acceptors (Lipinski definition) is 2. The third-order valence-corrected chi connectivity index (χ3v) is 6.19. The highest BCUT2D eigenvalue weighted by atomic mass is 35.5. The second-order valence-electron chi connectivity index (χ2n) is 8.24. The van der Waals surface area contributed by atoms with Crippen LogP contribution in [0.25, 0.3) is 16.7 Å². The number of hydrogen-bond donors (Lipinski definition) is 0. The number of benzene rings is 2. The molecule has 0 aliphatic rings. The Morgan fingerprint density at radius 3 is 2.48 bits per heavy atom. The molecule has 0 saturated carbocycles. The molecule has 0 aliphatic heterocycles.